The van der Waals surface area contributed by atoms with Crippen molar-refractivity contribution in [2.75, 3.05) is 5.32 Å². The largest absolute Gasteiger partial charge is 0.489 e. The molecule has 5 rings (SSSR count). The van der Waals surface area contributed by atoms with E-state index in [2.05, 4.69) is 21.5 Å². The SMILES string of the molecule is Clc1ccc(C2=C[C@@H](c3ccc(OCc4ccccc4Cl)cc3)n3ncnc3N2)cc1. The van der Waals surface area contributed by atoms with Gasteiger partial charge in [-0.1, -0.05) is 65.7 Å². The molecule has 0 saturated carbocycles. The smallest absolute Gasteiger partial charge is 0.226 e. The molecule has 0 radical (unpaired) electrons. The van der Waals surface area contributed by atoms with Crippen molar-refractivity contribution in [2.45, 2.75) is 12.6 Å². The third-order valence-electron chi connectivity index (χ3n) is 5.14. The van der Waals surface area contributed by atoms with Crippen LogP contribution in [0.25, 0.3) is 5.70 Å². The van der Waals surface area contributed by atoms with Gasteiger partial charge in [0.05, 0.1) is 0 Å². The van der Waals surface area contributed by atoms with Crippen LogP contribution in [0, 0.1) is 0 Å². The van der Waals surface area contributed by atoms with Gasteiger partial charge in [-0.2, -0.15) is 10.1 Å². The molecular formula is C24H18Cl2N4O. The average molecular weight is 449 g/mol. The van der Waals surface area contributed by atoms with Crippen LogP contribution in [0.1, 0.15) is 22.7 Å². The number of hydrogen-bond donors (Lipinski definition) is 1. The number of benzene rings is 3. The number of rotatable bonds is 5. The molecule has 4 aromatic rings. The maximum atomic E-state index is 6.21. The molecule has 0 saturated heterocycles. The predicted molar refractivity (Wildman–Crippen MR) is 123 cm³/mol. The molecule has 1 aliphatic rings. The third-order valence-corrected chi connectivity index (χ3v) is 5.76. The first kappa shape index (κ1) is 19.7. The van der Waals surface area contributed by atoms with Crippen LogP contribution in [0.2, 0.25) is 10.0 Å². The summed E-state index contributed by atoms with van der Waals surface area (Å²) in [5, 5.41) is 9.14. The zero-order chi connectivity index (χ0) is 21.2. The Balaban J connectivity index is 1.39. The van der Waals surface area contributed by atoms with Crippen LogP contribution in [-0.4, -0.2) is 14.8 Å². The Morgan fingerprint density at radius 2 is 1.71 bits per heavy atom. The molecule has 154 valence electrons. The summed E-state index contributed by atoms with van der Waals surface area (Å²) in [5.41, 5.74) is 4.02. The van der Waals surface area contributed by atoms with E-state index in [1.54, 1.807) is 6.33 Å². The van der Waals surface area contributed by atoms with E-state index >= 15 is 0 Å². The lowest BCUT2D eigenvalue weighted by molar-refractivity contribution is 0.306. The van der Waals surface area contributed by atoms with Gasteiger partial charge in [-0.15, -0.1) is 0 Å². The molecule has 0 fully saturated rings. The summed E-state index contributed by atoms with van der Waals surface area (Å²) in [6.07, 6.45) is 3.68. The molecule has 1 aliphatic heterocycles. The van der Waals surface area contributed by atoms with Crippen LogP contribution in [0.15, 0.2) is 85.2 Å². The Bertz CT molecular complexity index is 1230. The van der Waals surface area contributed by atoms with Gasteiger partial charge in [0.25, 0.3) is 0 Å². The van der Waals surface area contributed by atoms with Crippen molar-refractivity contribution in [3.63, 3.8) is 0 Å². The zero-order valence-corrected chi connectivity index (χ0v) is 17.9. The van der Waals surface area contributed by atoms with Gasteiger partial charge in [0.15, 0.2) is 0 Å². The van der Waals surface area contributed by atoms with Gasteiger partial charge in [0.2, 0.25) is 5.95 Å². The van der Waals surface area contributed by atoms with Crippen molar-refractivity contribution >= 4 is 34.8 Å². The molecule has 7 heteroatoms. The lowest BCUT2D eigenvalue weighted by Crippen LogP contribution is -2.20. The Morgan fingerprint density at radius 1 is 0.935 bits per heavy atom. The Morgan fingerprint density at radius 3 is 2.48 bits per heavy atom. The summed E-state index contributed by atoms with van der Waals surface area (Å²) < 4.78 is 7.77. The highest BCUT2D eigenvalue weighted by Crippen LogP contribution is 2.33. The molecule has 1 N–H and O–H groups in total. The standard InChI is InChI=1S/C24H18Cl2N4O/c25-19-9-5-16(6-10-19)22-13-23(30-24(29-22)27-15-28-30)17-7-11-20(12-8-17)31-14-18-3-1-2-4-21(18)26/h1-13,15,23H,14H2,(H,27,28,29)/t23-/m0/s1. The number of anilines is 1. The second kappa shape index (κ2) is 8.46. The molecule has 0 aliphatic carbocycles. The lowest BCUT2D eigenvalue weighted by Gasteiger charge is -2.24. The van der Waals surface area contributed by atoms with E-state index < -0.39 is 0 Å². The summed E-state index contributed by atoms with van der Waals surface area (Å²) in [4.78, 5) is 4.35. The van der Waals surface area contributed by atoms with Crippen molar-refractivity contribution in [3.8, 4) is 5.75 Å². The first-order valence-electron chi connectivity index (χ1n) is 9.78. The van der Waals surface area contributed by atoms with Gasteiger partial charge in [-0.25, -0.2) is 4.68 Å². The van der Waals surface area contributed by atoms with Crippen LogP contribution in [0.4, 0.5) is 5.95 Å². The number of ether oxygens (including phenoxy) is 1. The van der Waals surface area contributed by atoms with Crippen molar-refractivity contribution in [1.82, 2.24) is 14.8 Å². The van der Waals surface area contributed by atoms with Gasteiger partial charge >= 0.3 is 0 Å². The first-order valence-corrected chi connectivity index (χ1v) is 10.5. The van der Waals surface area contributed by atoms with Crippen molar-refractivity contribution in [2.24, 2.45) is 0 Å². The van der Waals surface area contributed by atoms with Gasteiger partial charge < -0.3 is 10.1 Å². The van der Waals surface area contributed by atoms with Crippen LogP contribution in [0.5, 0.6) is 5.75 Å². The topological polar surface area (TPSA) is 52.0 Å². The first-order chi connectivity index (χ1) is 15.2. The zero-order valence-electron chi connectivity index (χ0n) is 16.4. The van der Waals surface area contributed by atoms with E-state index in [9.17, 15) is 0 Å². The molecule has 1 aromatic heterocycles. The predicted octanol–water partition coefficient (Wildman–Crippen LogP) is 6.22. The van der Waals surface area contributed by atoms with Gasteiger partial charge in [0, 0.05) is 21.3 Å². The van der Waals surface area contributed by atoms with Crippen molar-refractivity contribution < 1.29 is 4.74 Å². The fourth-order valence-electron chi connectivity index (χ4n) is 3.51. The van der Waals surface area contributed by atoms with Gasteiger partial charge in [0.1, 0.15) is 24.7 Å². The molecule has 5 nitrogen and oxygen atoms in total. The monoisotopic (exact) mass is 448 g/mol. The van der Waals surface area contributed by atoms with Crippen molar-refractivity contribution in [1.29, 1.82) is 0 Å². The Kier molecular flexibility index (Phi) is 5.37. The molecule has 0 spiro atoms. The molecule has 0 amide bonds. The maximum Gasteiger partial charge on any atom is 0.226 e. The van der Waals surface area contributed by atoms with E-state index in [-0.39, 0.29) is 6.04 Å². The highest BCUT2D eigenvalue weighted by atomic mass is 35.5. The summed E-state index contributed by atoms with van der Waals surface area (Å²) in [6, 6.07) is 23.3. The second-order valence-corrected chi connectivity index (χ2v) is 7.98. The highest BCUT2D eigenvalue weighted by molar-refractivity contribution is 6.31. The lowest BCUT2D eigenvalue weighted by atomic mass is 10.0. The molecule has 31 heavy (non-hydrogen) atoms. The van der Waals surface area contributed by atoms with E-state index in [0.29, 0.717) is 22.6 Å². The summed E-state index contributed by atoms with van der Waals surface area (Å²) in [5.74, 6) is 1.47. The van der Waals surface area contributed by atoms with E-state index in [4.69, 9.17) is 27.9 Å². The number of hydrogen-bond acceptors (Lipinski definition) is 4. The number of halogens is 2. The van der Waals surface area contributed by atoms with E-state index in [0.717, 1.165) is 28.1 Å². The van der Waals surface area contributed by atoms with Gasteiger partial charge in [-0.3, -0.25) is 0 Å². The van der Waals surface area contributed by atoms with Crippen LogP contribution in [0.3, 0.4) is 0 Å². The van der Waals surface area contributed by atoms with E-state index in [1.807, 2.05) is 77.5 Å². The minimum atomic E-state index is -0.0953. The Labute approximate surface area is 189 Å². The fraction of sp³-hybridized carbons (Fsp3) is 0.0833. The molecule has 1 atom stereocenters. The normalized spacial score (nSPS) is 15.0. The number of nitrogens with zero attached hydrogens (tertiary/aromatic N) is 3. The Hall–Kier alpha value is -3.28. The molecular weight excluding hydrogens is 431 g/mol. The van der Waals surface area contributed by atoms with Gasteiger partial charge in [-0.05, 0) is 47.5 Å². The van der Waals surface area contributed by atoms with Crippen LogP contribution >= 0.6 is 23.2 Å². The van der Waals surface area contributed by atoms with Crippen LogP contribution in [-0.2, 0) is 6.61 Å². The number of aromatic nitrogens is 3. The molecule has 0 unspecified atom stereocenters. The number of allylic oxidation sites excluding steroid dienone is 1. The maximum absolute atomic E-state index is 6.21. The number of nitrogens with one attached hydrogen (secondary N) is 1. The van der Waals surface area contributed by atoms with Crippen molar-refractivity contribution in [3.05, 3.63) is 112 Å². The average Bonchev–Trinajstić information content (AvgIpc) is 3.28. The highest BCUT2D eigenvalue weighted by Gasteiger charge is 2.23. The third kappa shape index (κ3) is 4.15. The molecule has 2 heterocycles. The molecule has 0 bridgehead atoms. The second-order valence-electron chi connectivity index (χ2n) is 7.13. The minimum Gasteiger partial charge on any atom is -0.489 e. The van der Waals surface area contributed by atoms with Crippen LogP contribution < -0.4 is 10.1 Å². The summed E-state index contributed by atoms with van der Waals surface area (Å²) in [7, 11) is 0. The minimum absolute atomic E-state index is 0.0953. The summed E-state index contributed by atoms with van der Waals surface area (Å²) in [6.45, 7) is 0.417. The fourth-order valence-corrected chi connectivity index (χ4v) is 3.82. The quantitative estimate of drug-likeness (QED) is 0.393. The van der Waals surface area contributed by atoms with E-state index in [1.165, 1.54) is 0 Å². The molecule has 3 aromatic carbocycles. The number of fused-ring (bicyclic) bond motifs is 1. The summed E-state index contributed by atoms with van der Waals surface area (Å²) >= 11 is 12.3.